The molecular formula is C13H16N4O. The van der Waals surface area contributed by atoms with Crippen LogP contribution in [0.4, 0.5) is 0 Å². The molecule has 0 unspecified atom stereocenters. The molecule has 1 aromatic carbocycles. The van der Waals surface area contributed by atoms with E-state index in [2.05, 4.69) is 15.3 Å². The SMILES string of the molecule is CC(C)(N)CNC(=O)c1cccc2nccnc12. The number of fused-ring (bicyclic) bond motifs is 1. The van der Waals surface area contributed by atoms with E-state index in [4.69, 9.17) is 5.73 Å². The lowest BCUT2D eigenvalue weighted by atomic mass is 10.1. The van der Waals surface area contributed by atoms with Crippen LogP contribution in [0, 0.1) is 0 Å². The molecule has 1 amide bonds. The second-order valence-electron chi connectivity index (χ2n) is 4.90. The number of hydrogen-bond acceptors (Lipinski definition) is 4. The van der Waals surface area contributed by atoms with E-state index in [0.29, 0.717) is 23.1 Å². The van der Waals surface area contributed by atoms with Gasteiger partial charge in [-0.1, -0.05) is 6.07 Å². The summed E-state index contributed by atoms with van der Waals surface area (Å²) in [6.07, 6.45) is 3.18. The van der Waals surface area contributed by atoms with Gasteiger partial charge in [0, 0.05) is 24.5 Å². The van der Waals surface area contributed by atoms with Crippen molar-refractivity contribution in [1.29, 1.82) is 0 Å². The van der Waals surface area contributed by atoms with Crippen molar-refractivity contribution in [3.8, 4) is 0 Å². The topological polar surface area (TPSA) is 80.9 Å². The fourth-order valence-corrected chi connectivity index (χ4v) is 1.58. The van der Waals surface area contributed by atoms with E-state index < -0.39 is 5.54 Å². The van der Waals surface area contributed by atoms with Gasteiger partial charge in [0.05, 0.1) is 11.1 Å². The second kappa shape index (κ2) is 4.70. The predicted octanol–water partition coefficient (Wildman–Crippen LogP) is 1.10. The zero-order chi connectivity index (χ0) is 13.2. The molecule has 0 saturated heterocycles. The third-order valence-electron chi connectivity index (χ3n) is 2.45. The second-order valence-corrected chi connectivity index (χ2v) is 4.90. The molecule has 0 atom stereocenters. The van der Waals surface area contributed by atoms with Gasteiger partial charge in [0.1, 0.15) is 5.52 Å². The number of aromatic nitrogens is 2. The van der Waals surface area contributed by atoms with E-state index in [0.717, 1.165) is 0 Å². The van der Waals surface area contributed by atoms with Crippen molar-refractivity contribution in [3.63, 3.8) is 0 Å². The largest absolute Gasteiger partial charge is 0.350 e. The molecule has 1 aromatic heterocycles. The van der Waals surface area contributed by atoms with E-state index in [9.17, 15) is 4.79 Å². The van der Waals surface area contributed by atoms with Crippen LogP contribution in [0.15, 0.2) is 30.6 Å². The number of nitrogens with zero attached hydrogens (tertiary/aromatic N) is 2. The summed E-state index contributed by atoms with van der Waals surface area (Å²) in [5.74, 6) is -0.181. The summed E-state index contributed by atoms with van der Waals surface area (Å²) in [5, 5.41) is 2.80. The first-order valence-corrected chi connectivity index (χ1v) is 5.74. The molecule has 0 aliphatic carbocycles. The van der Waals surface area contributed by atoms with Crippen molar-refractivity contribution in [2.45, 2.75) is 19.4 Å². The van der Waals surface area contributed by atoms with Crippen molar-refractivity contribution < 1.29 is 4.79 Å². The van der Waals surface area contributed by atoms with Crippen LogP contribution in [0.1, 0.15) is 24.2 Å². The molecule has 0 radical (unpaired) electrons. The van der Waals surface area contributed by atoms with Gasteiger partial charge in [-0.05, 0) is 26.0 Å². The van der Waals surface area contributed by atoms with Gasteiger partial charge in [-0.25, -0.2) is 0 Å². The summed E-state index contributed by atoms with van der Waals surface area (Å²) in [4.78, 5) is 20.4. The molecule has 2 rings (SSSR count). The van der Waals surface area contributed by atoms with Crippen LogP contribution in [-0.2, 0) is 0 Å². The minimum Gasteiger partial charge on any atom is -0.350 e. The summed E-state index contributed by atoms with van der Waals surface area (Å²) in [6, 6.07) is 5.35. The number of para-hydroxylation sites is 1. The van der Waals surface area contributed by atoms with E-state index in [-0.39, 0.29) is 5.91 Å². The highest BCUT2D eigenvalue weighted by molar-refractivity contribution is 6.04. The Bertz CT molecular complexity index is 569. The number of nitrogens with one attached hydrogen (secondary N) is 1. The summed E-state index contributed by atoms with van der Waals surface area (Å²) in [7, 11) is 0. The molecule has 18 heavy (non-hydrogen) atoms. The van der Waals surface area contributed by atoms with Gasteiger partial charge in [-0.15, -0.1) is 0 Å². The zero-order valence-electron chi connectivity index (χ0n) is 10.5. The highest BCUT2D eigenvalue weighted by Gasteiger charge is 2.15. The maximum atomic E-state index is 12.1. The molecular weight excluding hydrogens is 228 g/mol. The summed E-state index contributed by atoms with van der Waals surface area (Å²) < 4.78 is 0. The molecule has 0 fully saturated rings. The smallest absolute Gasteiger partial charge is 0.253 e. The number of hydrogen-bond donors (Lipinski definition) is 2. The minimum absolute atomic E-state index is 0.181. The van der Waals surface area contributed by atoms with E-state index in [1.807, 2.05) is 19.9 Å². The molecule has 94 valence electrons. The van der Waals surface area contributed by atoms with Crippen LogP contribution < -0.4 is 11.1 Å². The van der Waals surface area contributed by atoms with E-state index in [1.165, 1.54) is 0 Å². The lowest BCUT2D eigenvalue weighted by Gasteiger charge is -2.19. The van der Waals surface area contributed by atoms with Crippen LogP contribution in [-0.4, -0.2) is 28.0 Å². The Balaban J connectivity index is 2.28. The van der Waals surface area contributed by atoms with E-state index in [1.54, 1.807) is 24.5 Å². The molecule has 0 bridgehead atoms. The van der Waals surface area contributed by atoms with Gasteiger partial charge in [0.25, 0.3) is 5.91 Å². The van der Waals surface area contributed by atoms with Crippen LogP contribution in [0.5, 0.6) is 0 Å². The van der Waals surface area contributed by atoms with Gasteiger partial charge in [0.15, 0.2) is 0 Å². The summed E-state index contributed by atoms with van der Waals surface area (Å²) >= 11 is 0. The Kier molecular flexibility index (Phi) is 3.25. The minimum atomic E-state index is -0.439. The first kappa shape index (κ1) is 12.4. The van der Waals surface area contributed by atoms with Gasteiger partial charge in [-0.3, -0.25) is 14.8 Å². The molecule has 0 spiro atoms. The molecule has 0 aliphatic rings. The van der Waals surface area contributed by atoms with Crippen LogP contribution in [0.25, 0.3) is 11.0 Å². The third-order valence-corrected chi connectivity index (χ3v) is 2.45. The molecule has 1 heterocycles. The third kappa shape index (κ3) is 2.81. The van der Waals surface area contributed by atoms with Crippen LogP contribution in [0.3, 0.4) is 0 Å². The van der Waals surface area contributed by atoms with Crippen molar-refractivity contribution in [2.24, 2.45) is 5.73 Å². The fraction of sp³-hybridized carbons (Fsp3) is 0.308. The standard InChI is InChI=1S/C13H16N4O/c1-13(2,14)8-17-12(18)9-4-3-5-10-11(9)16-7-6-15-10/h3-7H,8,14H2,1-2H3,(H,17,18). The number of carbonyl (C=O) groups excluding carboxylic acids is 1. The van der Waals surface area contributed by atoms with Crippen LogP contribution >= 0.6 is 0 Å². The van der Waals surface area contributed by atoms with Gasteiger partial charge in [-0.2, -0.15) is 0 Å². The number of carbonyl (C=O) groups is 1. The van der Waals surface area contributed by atoms with Crippen molar-refractivity contribution in [3.05, 3.63) is 36.2 Å². The Hall–Kier alpha value is -2.01. The average molecular weight is 244 g/mol. The van der Waals surface area contributed by atoms with E-state index >= 15 is 0 Å². The molecule has 5 heteroatoms. The quantitative estimate of drug-likeness (QED) is 0.847. The van der Waals surface area contributed by atoms with Gasteiger partial charge < -0.3 is 11.1 Å². The van der Waals surface area contributed by atoms with Crippen LogP contribution in [0.2, 0.25) is 0 Å². The Morgan fingerprint density at radius 1 is 1.33 bits per heavy atom. The number of amides is 1. The fourth-order valence-electron chi connectivity index (χ4n) is 1.58. The number of benzene rings is 1. The lowest BCUT2D eigenvalue weighted by molar-refractivity contribution is 0.0947. The average Bonchev–Trinajstić information content (AvgIpc) is 2.34. The maximum absolute atomic E-state index is 12.1. The highest BCUT2D eigenvalue weighted by atomic mass is 16.1. The maximum Gasteiger partial charge on any atom is 0.253 e. The summed E-state index contributed by atoms with van der Waals surface area (Å²) in [5.41, 5.74) is 7.22. The monoisotopic (exact) mass is 244 g/mol. The molecule has 0 aliphatic heterocycles. The molecule has 2 aromatic rings. The van der Waals surface area contributed by atoms with Gasteiger partial charge >= 0.3 is 0 Å². The normalized spacial score (nSPS) is 11.5. The molecule has 3 N–H and O–H groups in total. The first-order valence-electron chi connectivity index (χ1n) is 5.74. The van der Waals surface area contributed by atoms with Crippen molar-refractivity contribution in [2.75, 3.05) is 6.54 Å². The van der Waals surface area contributed by atoms with Crippen molar-refractivity contribution >= 4 is 16.9 Å². The van der Waals surface area contributed by atoms with Crippen molar-refractivity contribution in [1.82, 2.24) is 15.3 Å². The highest BCUT2D eigenvalue weighted by Crippen LogP contribution is 2.13. The zero-order valence-corrected chi connectivity index (χ0v) is 10.5. The van der Waals surface area contributed by atoms with Gasteiger partial charge in [0.2, 0.25) is 0 Å². The first-order chi connectivity index (χ1) is 8.47. The predicted molar refractivity (Wildman–Crippen MR) is 70.1 cm³/mol. The Morgan fingerprint density at radius 3 is 2.78 bits per heavy atom. The molecule has 0 saturated carbocycles. The summed E-state index contributed by atoms with van der Waals surface area (Å²) in [6.45, 7) is 4.12. The number of rotatable bonds is 3. The molecule has 5 nitrogen and oxygen atoms in total. The Labute approximate surface area is 105 Å². The Morgan fingerprint density at radius 2 is 2.06 bits per heavy atom. The lowest BCUT2D eigenvalue weighted by Crippen LogP contribution is -2.45. The number of nitrogens with two attached hydrogens (primary N) is 1.